The van der Waals surface area contributed by atoms with E-state index in [0.29, 0.717) is 75.4 Å². The van der Waals surface area contributed by atoms with Gasteiger partial charge in [0.2, 0.25) is 24.6 Å². The lowest BCUT2D eigenvalue weighted by Crippen LogP contribution is -2.27. The minimum absolute atomic E-state index is 0.179. The van der Waals surface area contributed by atoms with E-state index in [-0.39, 0.29) is 12.7 Å². The Morgan fingerprint density at radius 1 is 0.864 bits per heavy atom. The van der Waals surface area contributed by atoms with Crippen molar-refractivity contribution in [3.8, 4) is 11.5 Å². The Kier molecular flexibility index (Phi) is 11.8. The van der Waals surface area contributed by atoms with Crippen LogP contribution in [0, 0.1) is 5.92 Å². The molecule has 0 radical (unpaired) electrons. The molecule has 13 heteroatoms. The number of nitrogens with zero attached hydrogens (tertiary/aromatic N) is 3. The third-order valence-corrected chi connectivity index (χ3v) is 7.39. The van der Waals surface area contributed by atoms with E-state index in [9.17, 15) is 4.79 Å². The van der Waals surface area contributed by atoms with Crippen molar-refractivity contribution in [2.75, 3.05) is 68.8 Å². The van der Waals surface area contributed by atoms with Crippen molar-refractivity contribution in [3.63, 3.8) is 0 Å². The highest BCUT2D eigenvalue weighted by Gasteiger charge is 2.18. The molecule has 3 aromatic rings. The zero-order valence-electron chi connectivity index (χ0n) is 25.0. The SMILES string of the molecule is NCCOCCOCCNC(=O)c1ccc(Nc2nc(NCc3cccc4c3OCO4)nc(NCC3CCCCC3)n2)cc1. The molecule has 0 saturated heterocycles. The largest absolute Gasteiger partial charge is 0.454 e. The molecule has 2 aliphatic rings. The highest BCUT2D eigenvalue weighted by Crippen LogP contribution is 2.35. The third-order valence-electron chi connectivity index (χ3n) is 7.39. The van der Waals surface area contributed by atoms with Crippen LogP contribution >= 0.6 is 0 Å². The van der Waals surface area contributed by atoms with Crippen molar-refractivity contribution in [1.82, 2.24) is 20.3 Å². The van der Waals surface area contributed by atoms with E-state index in [1.807, 2.05) is 30.3 Å². The minimum Gasteiger partial charge on any atom is -0.454 e. The second-order valence-electron chi connectivity index (χ2n) is 10.7. The highest BCUT2D eigenvalue weighted by molar-refractivity contribution is 5.94. The van der Waals surface area contributed by atoms with Gasteiger partial charge in [-0.3, -0.25) is 4.79 Å². The number of nitrogens with two attached hydrogens (primary N) is 1. The van der Waals surface area contributed by atoms with Gasteiger partial charge in [0.1, 0.15) is 0 Å². The molecule has 236 valence electrons. The Hall–Kier alpha value is -4.20. The number of rotatable bonds is 17. The molecule has 1 saturated carbocycles. The Balaban J connectivity index is 1.18. The van der Waals surface area contributed by atoms with Crippen LogP contribution in [0.1, 0.15) is 48.0 Å². The van der Waals surface area contributed by atoms with Gasteiger partial charge in [-0.15, -0.1) is 0 Å². The molecule has 1 aromatic heterocycles. The summed E-state index contributed by atoms with van der Waals surface area (Å²) in [4.78, 5) is 26.4. The number of anilines is 4. The second-order valence-corrected chi connectivity index (χ2v) is 10.7. The monoisotopic (exact) mass is 606 g/mol. The van der Waals surface area contributed by atoms with Crippen molar-refractivity contribution in [3.05, 3.63) is 53.6 Å². The molecule has 6 N–H and O–H groups in total. The Morgan fingerprint density at radius 2 is 1.61 bits per heavy atom. The molecule has 2 heterocycles. The smallest absolute Gasteiger partial charge is 0.251 e. The molecule has 1 fully saturated rings. The van der Waals surface area contributed by atoms with Crippen LogP contribution in [0.3, 0.4) is 0 Å². The van der Waals surface area contributed by atoms with E-state index >= 15 is 0 Å². The standard InChI is InChI=1S/C31H42N8O5/c32-13-15-41-17-18-42-16-14-33-28(40)23-9-11-25(12-10-23)36-31-38-29(34-19-22-5-2-1-3-6-22)37-30(39-31)35-20-24-7-4-8-26-27(24)44-21-43-26/h4,7-12,22H,1-3,5-6,13-21,32H2,(H,33,40)(H3,34,35,36,37,38,39). The molecule has 5 rings (SSSR count). The zero-order valence-corrected chi connectivity index (χ0v) is 25.0. The molecular weight excluding hydrogens is 564 g/mol. The van der Waals surface area contributed by atoms with Gasteiger partial charge in [-0.25, -0.2) is 0 Å². The van der Waals surface area contributed by atoms with Crippen LogP contribution in [0.2, 0.25) is 0 Å². The van der Waals surface area contributed by atoms with Gasteiger partial charge in [0.25, 0.3) is 5.91 Å². The van der Waals surface area contributed by atoms with Crippen LogP contribution in [-0.4, -0.2) is 73.7 Å². The second kappa shape index (κ2) is 16.6. The first-order chi connectivity index (χ1) is 21.7. The Labute approximate surface area is 257 Å². The summed E-state index contributed by atoms with van der Waals surface area (Å²) < 4.78 is 21.9. The van der Waals surface area contributed by atoms with Crippen molar-refractivity contribution in [1.29, 1.82) is 0 Å². The van der Waals surface area contributed by atoms with Crippen molar-refractivity contribution < 1.29 is 23.7 Å². The lowest BCUT2D eigenvalue weighted by atomic mass is 9.89. The van der Waals surface area contributed by atoms with Gasteiger partial charge in [0.15, 0.2) is 11.5 Å². The maximum absolute atomic E-state index is 12.5. The molecule has 0 unspecified atom stereocenters. The van der Waals surface area contributed by atoms with Crippen LogP contribution in [-0.2, 0) is 16.0 Å². The van der Waals surface area contributed by atoms with E-state index in [1.165, 1.54) is 32.1 Å². The van der Waals surface area contributed by atoms with Crippen LogP contribution in [0.5, 0.6) is 11.5 Å². The van der Waals surface area contributed by atoms with Crippen molar-refractivity contribution in [2.24, 2.45) is 11.7 Å². The number of benzene rings is 2. The molecule has 0 atom stereocenters. The fraction of sp³-hybridized carbons (Fsp3) is 0.484. The fourth-order valence-corrected chi connectivity index (χ4v) is 5.10. The average molecular weight is 607 g/mol. The number of hydrogen-bond donors (Lipinski definition) is 5. The Bertz CT molecular complexity index is 1340. The maximum atomic E-state index is 12.5. The van der Waals surface area contributed by atoms with E-state index < -0.39 is 0 Å². The zero-order chi connectivity index (χ0) is 30.4. The summed E-state index contributed by atoms with van der Waals surface area (Å²) in [5.74, 6) is 3.20. The van der Waals surface area contributed by atoms with Gasteiger partial charge in [-0.1, -0.05) is 31.4 Å². The number of hydrogen-bond acceptors (Lipinski definition) is 12. The first kappa shape index (κ1) is 31.2. The van der Waals surface area contributed by atoms with Gasteiger partial charge in [0.05, 0.1) is 26.4 Å². The van der Waals surface area contributed by atoms with E-state index in [2.05, 4.69) is 36.2 Å². The summed E-state index contributed by atoms with van der Waals surface area (Å²) in [6.45, 7) is 4.22. The minimum atomic E-state index is -0.179. The topological polar surface area (TPSA) is 167 Å². The van der Waals surface area contributed by atoms with Gasteiger partial charge < -0.3 is 45.9 Å². The number of amides is 1. The number of ether oxygens (including phenoxy) is 4. The first-order valence-electron chi connectivity index (χ1n) is 15.3. The molecule has 44 heavy (non-hydrogen) atoms. The van der Waals surface area contributed by atoms with Crippen molar-refractivity contribution in [2.45, 2.75) is 38.6 Å². The van der Waals surface area contributed by atoms with Crippen LogP contribution < -0.4 is 36.5 Å². The molecular formula is C31H42N8O5. The number of nitrogens with one attached hydrogen (secondary N) is 4. The summed E-state index contributed by atoms with van der Waals surface area (Å²) in [6.07, 6.45) is 6.27. The number of fused-ring (bicyclic) bond motifs is 1. The predicted octanol–water partition coefficient (Wildman–Crippen LogP) is 3.67. The summed E-state index contributed by atoms with van der Waals surface area (Å²) >= 11 is 0. The third kappa shape index (κ3) is 9.40. The lowest BCUT2D eigenvalue weighted by Gasteiger charge is -2.21. The highest BCUT2D eigenvalue weighted by atomic mass is 16.7. The normalized spacial score (nSPS) is 14.3. The number of carbonyl (C=O) groups is 1. The maximum Gasteiger partial charge on any atom is 0.251 e. The first-order valence-corrected chi connectivity index (χ1v) is 15.3. The molecule has 2 aromatic carbocycles. The number of aromatic nitrogens is 3. The van der Waals surface area contributed by atoms with Crippen molar-refractivity contribution >= 4 is 29.4 Å². The van der Waals surface area contributed by atoms with E-state index in [0.717, 1.165) is 29.3 Å². The summed E-state index contributed by atoms with van der Waals surface area (Å²) in [7, 11) is 0. The molecule has 0 bridgehead atoms. The van der Waals surface area contributed by atoms with E-state index in [4.69, 9.17) is 24.7 Å². The lowest BCUT2D eigenvalue weighted by molar-refractivity contribution is 0.0511. The van der Waals surface area contributed by atoms with Crippen LogP contribution in [0.15, 0.2) is 42.5 Å². The van der Waals surface area contributed by atoms with Gasteiger partial charge >= 0.3 is 0 Å². The van der Waals surface area contributed by atoms with Crippen LogP contribution in [0.4, 0.5) is 23.5 Å². The fourth-order valence-electron chi connectivity index (χ4n) is 5.10. The van der Waals surface area contributed by atoms with Gasteiger partial charge in [-0.2, -0.15) is 15.0 Å². The molecule has 0 spiro atoms. The number of para-hydroxylation sites is 1. The molecule has 13 nitrogen and oxygen atoms in total. The summed E-state index contributed by atoms with van der Waals surface area (Å²) in [6, 6.07) is 12.9. The predicted molar refractivity (Wildman–Crippen MR) is 168 cm³/mol. The molecule has 1 aliphatic carbocycles. The Morgan fingerprint density at radius 3 is 2.41 bits per heavy atom. The quantitative estimate of drug-likeness (QED) is 0.142. The molecule has 1 aliphatic heterocycles. The average Bonchev–Trinajstić information content (AvgIpc) is 3.55. The molecule has 1 amide bonds. The van der Waals surface area contributed by atoms with Crippen LogP contribution in [0.25, 0.3) is 0 Å². The van der Waals surface area contributed by atoms with Gasteiger partial charge in [0, 0.05) is 43.0 Å². The van der Waals surface area contributed by atoms with Gasteiger partial charge in [-0.05, 0) is 49.1 Å². The number of carbonyl (C=O) groups excluding carboxylic acids is 1. The van der Waals surface area contributed by atoms with E-state index in [1.54, 1.807) is 12.1 Å². The summed E-state index contributed by atoms with van der Waals surface area (Å²) in [5.41, 5.74) is 7.61. The summed E-state index contributed by atoms with van der Waals surface area (Å²) in [5, 5.41) is 12.8.